The lowest BCUT2D eigenvalue weighted by Gasteiger charge is -2.24. The molecule has 0 saturated heterocycles. The molecule has 0 aromatic heterocycles. The summed E-state index contributed by atoms with van der Waals surface area (Å²) in [5, 5.41) is 3.51. The van der Waals surface area contributed by atoms with Gasteiger partial charge in [0.05, 0.1) is 0 Å². The highest BCUT2D eigenvalue weighted by atomic mass is 15.1. The van der Waals surface area contributed by atoms with Crippen LogP contribution < -0.4 is 5.32 Å². The van der Waals surface area contributed by atoms with Crippen molar-refractivity contribution in [3.05, 3.63) is 0 Å². The van der Waals surface area contributed by atoms with E-state index in [9.17, 15) is 0 Å². The van der Waals surface area contributed by atoms with Gasteiger partial charge in [0.15, 0.2) is 0 Å². The van der Waals surface area contributed by atoms with Crippen LogP contribution in [0, 0.1) is 5.92 Å². The Kier molecular flexibility index (Phi) is 7.06. The first-order valence-electron chi connectivity index (χ1n) is 7.19. The van der Waals surface area contributed by atoms with Gasteiger partial charge in [-0.15, -0.1) is 0 Å². The van der Waals surface area contributed by atoms with Crippen molar-refractivity contribution < 1.29 is 0 Å². The van der Waals surface area contributed by atoms with Gasteiger partial charge >= 0.3 is 0 Å². The van der Waals surface area contributed by atoms with Gasteiger partial charge in [-0.25, -0.2) is 0 Å². The first-order valence-corrected chi connectivity index (χ1v) is 7.19. The minimum atomic E-state index is 0.740. The number of hydrogen-bond acceptors (Lipinski definition) is 2. The second-order valence-electron chi connectivity index (χ2n) is 5.19. The molecular formula is C14H30N2. The number of nitrogens with zero attached hydrogens (tertiary/aromatic N) is 1. The van der Waals surface area contributed by atoms with Crippen LogP contribution in [-0.4, -0.2) is 37.6 Å². The van der Waals surface area contributed by atoms with E-state index in [1.807, 2.05) is 0 Å². The highest BCUT2D eigenvalue weighted by Gasteiger charge is 2.19. The molecule has 2 nitrogen and oxygen atoms in total. The fraction of sp³-hybridized carbons (Fsp3) is 1.00. The van der Waals surface area contributed by atoms with Crippen LogP contribution in [0.4, 0.5) is 0 Å². The van der Waals surface area contributed by atoms with Crippen molar-refractivity contribution in [2.24, 2.45) is 5.92 Å². The maximum atomic E-state index is 3.51. The zero-order valence-electron chi connectivity index (χ0n) is 11.5. The third-order valence-electron chi connectivity index (χ3n) is 4.19. The average molecular weight is 226 g/mol. The molecule has 1 atom stereocenters. The predicted molar refractivity (Wildman–Crippen MR) is 71.8 cm³/mol. The van der Waals surface area contributed by atoms with Gasteiger partial charge in [0.1, 0.15) is 0 Å². The Morgan fingerprint density at radius 2 is 1.81 bits per heavy atom. The van der Waals surface area contributed by atoms with E-state index in [4.69, 9.17) is 0 Å². The Hall–Kier alpha value is -0.0800. The normalized spacial score (nSPS) is 19.5. The summed E-state index contributed by atoms with van der Waals surface area (Å²) in [6.07, 6.45) is 8.60. The van der Waals surface area contributed by atoms with E-state index in [1.54, 1.807) is 0 Å². The van der Waals surface area contributed by atoms with Crippen molar-refractivity contribution in [2.75, 3.05) is 26.7 Å². The molecular weight excluding hydrogens is 196 g/mol. The summed E-state index contributed by atoms with van der Waals surface area (Å²) in [5.74, 6) is 1.01. The van der Waals surface area contributed by atoms with E-state index in [0.29, 0.717) is 0 Å². The van der Waals surface area contributed by atoms with Crippen LogP contribution in [0.15, 0.2) is 0 Å². The smallest absolute Gasteiger partial charge is 0.00788 e. The predicted octanol–water partition coefficient (Wildman–Crippen LogP) is 2.89. The molecule has 0 aromatic rings. The van der Waals surface area contributed by atoms with Gasteiger partial charge in [0.25, 0.3) is 0 Å². The van der Waals surface area contributed by atoms with Crippen molar-refractivity contribution in [3.63, 3.8) is 0 Å². The molecule has 0 bridgehead atoms. The number of nitrogens with one attached hydrogen (secondary N) is 1. The van der Waals surface area contributed by atoms with Gasteiger partial charge in [-0.3, -0.25) is 0 Å². The Bertz CT molecular complexity index is 160. The topological polar surface area (TPSA) is 15.3 Å². The molecule has 1 aliphatic rings. The first-order chi connectivity index (χ1) is 7.80. The van der Waals surface area contributed by atoms with Crippen LogP contribution in [0.5, 0.6) is 0 Å². The Labute approximate surface area is 102 Å². The summed E-state index contributed by atoms with van der Waals surface area (Å²) in [4.78, 5) is 2.53. The molecule has 1 N–H and O–H groups in total. The largest absolute Gasteiger partial charge is 0.317 e. The summed E-state index contributed by atoms with van der Waals surface area (Å²) in [5.41, 5.74) is 0. The van der Waals surface area contributed by atoms with Crippen LogP contribution in [-0.2, 0) is 0 Å². The van der Waals surface area contributed by atoms with Crippen LogP contribution >= 0.6 is 0 Å². The lowest BCUT2D eigenvalue weighted by molar-refractivity contribution is 0.271. The molecule has 0 heterocycles. The van der Waals surface area contributed by atoms with Crippen LogP contribution in [0.1, 0.15) is 52.4 Å². The summed E-state index contributed by atoms with van der Waals surface area (Å²) in [6, 6.07) is 0.740. The van der Waals surface area contributed by atoms with Gasteiger partial charge in [0.2, 0.25) is 0 Å². The molecule has 1 saturated carbocycles. The van der Waals surface area contributed by atoms with Crippen LogP contribution in [0.2, 0.25) is 0 Å². The third kappa shape index (κ3) is 4.84. The molecule has 0 spiro atoms. The van der Waals surface area contributed by atoms with Gasteiger partial charge in [-0.05, 0) is 45.4 Å². The summed E-state index contributed by atoms with van der Waals surface area (Å²) < 4.78 is 0. The number of rotatable bonds is 8. The fourth-order valence-corrected chi connectivity index (χ4v) is 2.91. The SMILES string of the molecule is CCN(CC)CCC(CC1CCCC1)NC. The second kappa shape index (κ2) is 8.08. The Morgan fingerprint density at radius 1 is 1.19 bits per heavy atom. The second-order valence-corrected chi connectivity index (χ2v) is 5.19. The minimum absolute atomic E-state index is 0.740. The zero-order valence-corrected chi connectivity index (χ0v) is 11.5. The van der Waals surface area contributed by atoms with Crippen molar-refractivity contribution in [2.45, 2.75) is 58.4 Å². The summed E-state index contributed by atoms with van der Waals surface area (Å²) in [6.45, 7) is 8.15. The van der Waals surface area contributed by atoms with Crippen molar-refractivity contribution in [1.29, 1.82) is 0 Å². The standard InChI is InChI=1S/C14H30N2/c1-4-16(5-2)11-10-14(15-3)12-13-8-6-7-9-13/h13-15H,4-12H2,1-3H3. The molecule has 16 heavy (non-hydrogen) atoms. The van der Waals surface area contributed by atoms with E-state index in [2.05, 4.69) is 31.1 Å². The van der Waals surface area contributed by atoms with Crippen LogP contribution in [0.25, 0.3) is 0 Å². The van der Waals surface area contributed by atoms with Gasteiger partial charge in [0, 0.05) is 6.04 Å². The maximum absolute atomic E-state index is 3.51. The highest BCUT2D eigenvalue weighted by Crippen LogP contribution is 2.29. The monoisotopic (exact) mass is 226 g/mol. The van der Waals surface area contributed by atoms with E-state index in [1.165, 1.54) is 58.2 Å². The van der Waals surface area contributed by atoms with Crippen LogP contribution in [0.3, 0.4) is 0 Å². The molecule has 1 rings (SSSR count). The fourth-order valence-electron chi connectivity index (χ4n) is 2.91. The van der Waals surface area contributed by atoms with Gasteiger partial charge in [-0.1, -0.05) is 39.5 Å². The molecule has 1 unspecified atom stereocenters. The number of hydrogen-bond donors (Lipinski definition) is 1. The van der Waals surface area contributed by atoms with E-state index in [0.717, 1.165) is 12.0 Å². The maximum Gasteiger partial charge on any atom is 0.00788 e. The molecule has 0 radical (unpaired) electrons. The average Bonchev–Trinajstić information content (AvgIpc) is 2.81. The van der Waals surface area contributed by atoms with E-state index in [-0.39, 0.29) is 0 Å². The molecule has 0 amide bonds. The molecule has 0 aromatic carbocycles. The lowest BCUT2D eigenvalue weighted by atomic mass is 9.96. The van der Waals surface area contributed by atoms with Crippen molar-refractivity contribution in [3.8, 4) is 0 Å². The van der Waals surface area contributed by atoms with E-state index >= 15 is 0 Å². The van der Waals surface area contributed by atoms with Crippen molar-refractivity contribution >= 4 is 0 Å². The zero-order chi connectivity index (χ0) is 11.8. The molecule has 1 fully saturated rings. The minimum Gasteiger partial charge on any atom is -0.317 e. The Balaban J connectivity index is 2.19. The quantitative estimate of drug-likeness (QED) is 0.684. The van der Waals surface area contributed by atoms with Gasteiger partial charge < -0.3 is 10.2 Å². The molecule has 1 aliphatic carbocycles. The van der Waals surface area contributed by atoms with Crippen molar-refractivity contribution in [1.82, 2.24) is 10.2 Å². The first kappa shape index (κ1) is 14.0. The van der Waals surface area contributed by atoms with Gasteiger partial charge in [-0.2, -0.15) is 0 Å². The lowest BCUT2D eigenvalue weighted by Crippen LogP contribution is -2.33. The Morgan fingerprint density at radius 3 is 2.31 bits per heavy atom. The summed E-state index contributed by atoms with van der Waals surface area (Å²) >= 11 is 0. The highest BCUT2D eigenvalue weighted by molar-refractivity contribution is 4.75. The third-order valence-corrected chi connectivity index (χ3v) is 4.19. The molecule has 0 aliphatic heterocycles. The van der Waals surface area contributed by atoms with E-state index < -0.39 is 0 Å². The molecule has 96 valence electrons. The summed E-state index contributed by atoms with van der Waals surface area (Å²) in [7, 11) is 2.13. The molecule has 2 heteroatoms.